The molecule has 7 nitrogen and oxygen atoms in total. The molecule has 9 heteroatoms. The normalized spacial score (nSPS) is 29.9. The topological polar surface area (TPSA) is 90.5 Å². The maximum atomic E-state index is 14.0. The molecule has 3 aliphatic heterocycles. The lowest BCUT2D eigenvalue weighted by Gasteiger charge is -2.37. The van der Waals surface area contributed by atoms with E-state index in [1.54, 1.807) is 25.7 Å². The number of thioether (sulfide) groups is 2. The molecule has 1 unspecified atom stereocenters. The monoisotopic (exact) mass is 514 g/mol. The number of nitrogens with zero attached hydrogens (tertiary/aromatic N) is 1. The van der Waals surface area contributed by atoms with Crippen LogP contribution in [0, 0.1) is 5.41 Å². The molecule has 0 aromatic heterocycles. The first-order valence-electron chi connectivity index (χ1n) is 12.5. The van der Waals surface area contributed by atoms with Crippen molar-refractivity contribution in [2.75, 3.05) is 18.6 Å². The van der Waals surface area contributed by atoms with Crippen LogP contribution in [0.5, 0.6) is 0 Å². The number of benzene rings is 1. The zero-order valence-corrected chi connectivity index (χ0v) is 21.9. The smallest absolute Gasteiger partial charge is 0.246 e. The fourth-order valence-electron chi connectivity index (χ4n) is 5.87. The van der Waals surface area contributed by atoms with Crippen molar-refractivity contribution < 1.29 is 14.4 Å². The van der Waals surface area contributed by atoms with E-state index in [4.69, 9.17) is 0 Å². The molecule has 4 aliphatic rings. The minimum atomic E-state index is -0.609. The number of carbonyl (C=O) groups excluding carboxylic acids is 3. The van der Waals surface area contributed by atoms with Crippen molar-refractivity contribution in [2.24, 2.45) is 5.41 Å². The van der Waals surface area contributed by atoms with Gasteiger partial charge < -0.3 is 20.9 Å². The molecule has 1 spiro atoms. The molecule has 0 radical (unpaired) electrons. The number of hydrogen-bond acceptors (Lipinski definition) is 6. The Morgan fingerprint density at radius 3 is 2.60 bits per heavy atom. The van der Waals surface area contributed by atoms with Gasteiger partial charge in [-0.2, -0.15) is 0 Å². The fourth-order valence-corrected chi connectivity index (χ4v) is 8.48. The number of carbonyl (C=O) groups is 3. The number of rotatable bonds is 5. The zero-order valence-electron chi connectivity index (χ0n) is 20.3. The van der Waals surface area contributed by atoms with Crippen LogP contribution >= 0.6 is 23.5 Å². The number of fused-ring (bicyclic) bond motifs is 2. The van der Waals surface area contributed by atoms with Crippen molar-refractivity contribution in [3.63, 3.8) is 0 Å². The predicted octanol–water partition coefficient (Wildman–Crippen LogP) is 2.83. The molecule has 0 saturated carbocycles. The second-order valence-corrected chi connectivity index (χ2v) is 12.4. The van der Waals surface area contributed by atoms with E-state index in [-0.39, 0.29) is 40.6 Å². The van der Waals surface area contributed by atoms with Crippen LogP contribution in [0.25, 0.3) is 0 Å². The fraction of sp³-hybridized carbons (Fsp3) is 0.577. The Kier molecular flexibility index (Phi) is 7.19. The average molecular weight is 515 g/mol. The highest BCUT2D eigenvalue weighted by Crippen LogP contribution is 2.53. The lowest BCUT2D eigenvalue weighted by Crippen LogP contribution is -2.58. The Bertz CT molecular complexity index is 1020. The average Bonchev–Trinajstić information content (AvgIpc) is 3.43. The molecule has 3 amide bonds. The highest BCUT2D eigenvalue weighted by Gasteiger charge is 2.58. The highest BCUT2D eigenvalue weighted by molar-refractivity contribution is 8.00. The predicted molar refractivity (Wildman–Crippen MR) is 140 cm³/mol. The van der Waals surface area contributed by atoms with E-state index in [9.17, 15) is 14.4 Å². The Labute approximate surface area is 215 Å². The lowest BCUT2D eigenvalue weighted by molar-refractivity contribution is -0.144. The summed E-state index contributed by atoms with van der Waals surface area (Å²) in [5.74, 6) is 1.35. The number of likely N-dealkylation sites (N-methyl/N-ethyl adjacent to an activating group) is 1. The molecule has 0 bridgehead atoms. The summed E-state index contributed by atoms with van der Waals surface area (Å²) in [6.45, 7) is 1.78. The van der Waals surface area contributed by atoms with Gasteiger partial charge in [0, 0.05) is 16.1 Å². The van der Waals surface area contributed by atoms with Crippen LogP contribution in [-0.4, -0.2) is 64.7 Å². The molecule has 3 N–H and O–H groups in total. The maximum Gasteiger partial charge on any atom is 0.246 e. The van der Waals surface area contributed by atoms with Crippen molar-refractivity contribution in [1.82, 2.24) is 20.9 Å². The Morgan fingerprint density at radius 1 is 1.09 bits per heavy atom. The molecule has 3 heterocycles. The minimum absolute atomic E-state index is 0.0454. The van der Waals surface area contributed by atoms with Gasteiger partial charge in [-0.3, -0.25) is 14.4 Å². The Balaban J connectivity index is 1.42. The van der Waals surface area contributed by atoms with Gasteiger partial charge in [-0.1, -0.05) is 30.4 Å². The quantitative estimate of drug-likeness (QED) is 0.524. The summed E-state index contributed by atoms with van der Waals surface area (Å²) in [6, 6.07) is 6.68. The summed E-state index contributed by atoms with van der Waals surface area (Å²) in [5.41, 5.74) is 0.887. The Morgan fingerprint density at radius 2 is 1.83 bits per heavy atom. The number of hydrogen-bond donors (Lipinski definition) is 3. The van der Waals surface area contributed by atoms with Gasteiger partial charge in [0.2, 0.25) is 17.7 Å². The molecule has 1 aromatic carbocycles. The van der Waals surface area contributed by atoms with Crippen LogP contribution in [0.1, 0.15) is 50.6 Å². The van der Waals surface area contributed by atoms with E-state index in [0.29, 0.717) is 6.42 Å². The van der Waals surface area contributed by atoms with E-state index in [1.165, 1.54) is 4.90 Å². The van der Waals surface area contributed by atoms with E-state index >= 15 is 0 Å². The van der Waals surface area contributed by atoms with Crippen LogP contribution in [0.4, 0.5) is 0 Å². The first-order chi connectivity index (χ1) is 16.9. The third-order valence-electron chi connectivity index (χ3n) is 7.90. The molecular formula is C26H34N4O3S2. The zero-order chi connectivity index (χ0) is 24.6. The summed E-state index contributed by atoms with van der Waals surface area (Å²) < 4.78 is 0. The van der Waals surface area contributed by atoms with Gasteiger partial charge in [0.05, 0.1) is 17.5 Å². The van der Waals surface area contributed by atoms with Crippen molar-refractivity contribution in [3.8, 4) is 0 Å². The summed E-state index contributed by atoms with van der Waals surface area (Å²) in [5, 5.41) is 9.18. The highest BCUT2D eigenvalue weighted by atomic mass is 32.2. The molecular weight excluding hydrogens is 480 g/mol. The maximum absolute atomic E-state index is 14.0. The van der Waals surface area contributed by atoms with E-state index in [1.807, 2.05) is 28.8 Å². The summed E-state index contributed by atoms with van der Waals surface area (Å²) >= 11 is 3.57. The number of nitrogens with one attached hydrogen (secondary N) is 3. The molecule has 188 valence electrons. The Hall–Kier alpha value is -1.97. The molecule has 1 aromatic rings. The van der Waals surface area contributed by atoms with Gasteiger partial charge in [-0.05, 0) is 63.5 Å². The van der Waals surface area contributed by atoms with Gasteiger partial charge in [-0.25, -0.2) is 0 Å². The van der Waals surface area contributed by atoms with Gasteiger partial charge in [0.1, 0.15) is 12.1 Å². The molecule has 2 fully saturated rings. The SMILES string of the molecule is CN[C@@H](C)C(=O)N[C@H]1CCS[C@H]2CC3(CC=CC3)[C@@H](C(=O)NC3CCSc4ccccc43)N2C1=O. The van der Waals surface area contributed by atoms with Gasteiger partial charge in [0.15, 0.2) is 0 Å². The van der Waals surface area contributed by atoms with Crippen LogP contribution in [0.15, 0.2) is 41.3 Å². The van der Waals surface area contributed by atoms with Gasteiger partial charge in [-0.15, -0.1) is 23.5 Å². The summed E-state index contributed by atoms with van der Waals surface area (Å²) in [6.07, 6.45) is 8.17. The molecule has 35 heavy (non-hydrogen) atoms. The first-order valence-corrected chi connectivity index (χ1v) is 14.6. The van der Waals surface area contributed by atoms with Crippen molar-refractivity contribution in [3.05, 3.63) is 42.0 Å². The largest absolute Gasteiger partial charge is 0.347 e. The first kappa shape index (κ1) is 24.7. The standard InChI is InChI=1S/C26H34N4O3S2/c1-16(27-2)23(31)29-19-10-14-35-21-15-26(11-5-6-12-26)22(30(21)25(19)33)24(32)28-18-9-13-34-20-8-4-3-7-17(18)20/h3-8,16,18-19,21-22,27H,9-15H2,1-2H3,(H,28,32)(H,29,31)/t16-,18?,19-,21-,22+/m0/s1. The number of amides is 3. The van der Waals surface area contributed by atoms with Gasteiger partial charge in [0.25, 0.3) is 0 Å². The molecule has 2 saturated heterocycles. The van der Waals surface area contributed by atoms with Crippen LogP contribution in [0.2, 0.25) is 0 Å². The van der Waals surface area contributed by atoms with Crippen LogP contribution in [0.3, 0.4) is 0 Å². The molecule has 5 atom stereocenters. The second kappa shape index (κ2) is 10.2. The van der Waals surface area contributed by atoms with Crippen molar-refractivity contribution in [1.29, 1.82) is 0 Å². The van der Waals surface area contributed by atoms with Crippen molar-refractivity contribution >= 4 is 41.2 Å². The number of allylic oxidation sites excluding steroid dienone is 2. The third kappa shape index (κ3) is 4.62. The summed E-state index contributed by atoms with van der Waals surface area (Å²) in [7, 11) is 1.73. The second-order valence-electron chi connectivity index (χ2n) is 10.0. The molecule has 5 rings (SSSR count). The van der Waals surface area contributed by atoms with Gasteiger partial charge >= 0.3 is 0 Å². The van der Waals surface area contributed by atoms with E-state index < -0.39 is 12.1 Å². The van der Waals surface area contributed by atoms with Crippen LogP contribution in [-0.2, 0) is 14.4 Å². The van der Waals surface area contributed by atoms with Crippen molar-refractivity contribution in [2.45, 2.75) is 73.5 Å². The molecule has 1 aliphatic carbocycles. The lowest BCUT2D eigenvalue weighted by atomic mass is 9.77. The summed E-state index contributed by atoms with van der Waals surface area (Å²) in [4.78, 5) is 43.6. The van der Waals surface area contributed by atoms with E-state index in [2.05, 4.69) is 40.2 Å². The van der Waals surface area contributed by atoms with Crippen LogP contribution < -0.4 is 16.0 Å². The van der Waals surface area contributed by atoms with E-state index in [0.717, 1.165) is 42.8 Å². The minimum Gasteiger partial charge on any atom is -0.347 e. The third-order valence-corrected chi connectivity index (χ3v) is 10.3.